The van der Waals surface area contributed by atoms with Gasteiger partial charge in [0.1, 0.15) is 29.1 Å². The Balaban J connectivity index is 0.0000169. The van der Waals surface area contributed by atoms with Crippen molar-refractivity contribution in [2.45, 2.75) is 68.6 Å². The Labute approximate surface area is 545 Å². The van der Waals surface area contributed by atoms with Crippen molar-refractivity contribution >= 4 is 49.8 Å². The SMILES string of the molecule is COCCOCCOCCOCCOCCOCC[N+](CCOCCOCCOCCOCCOCCOC)=c1ccc2c(/C=C/C=C3/N(CCCCCC(=O)ON4C(=O)CCC4=O)c4ccc(S(=O)(=O)[O-])cc4C3(C)CCCS(=O)(=O)[O-])ccoc-2c1.[Na+]. The molecule has 3 heterocycles. The number of allylic oxidation sites excluding steroid dienone is 3. The number of anilines is 1. The maximum absolute atomic E-state index is 12.6. The van der Waals surface area contributed by atoms with Gasteiger partial charge in [0, 0.05) is 74.2 Å². The molecule has 3 aliphatic heterocycles. The molecule has 1 aromatic rings. The van der Waals surface area contributed by atoms with Gasteiger partial charge in [0.25, 0.3) is 11.8 Å². The largest absolute Gasteiger partial charge is 1.00 e. The Morgan fingerprint density at radius 2 is 1.12 bits per heavy atom. The van der Waals surface area contributed by atoms with Crippen LogP contribution >= 0.6 is 0 Å². The summed E-state index contributed by atoms with van der Waals surface area (Å²) in [5.41, 5.74) is 2.16. The number of methoxy groups -OCH3 is 2. The summed E-state index contributed by atoms with van der Waals surface area (Å²) >= 11 is 0. The van der Waals surface area contributed by atoms with E-state index in [0.29, 0.717) is 212 Å². The Hall–Kier alpha value is -4.12. The second-order valence-corrected chi connectivity index (χ2v) is 23.3. The monoisotopic (exact) mass is 1310 g/mol. The predicted octanol–water partition coefficient (Wildman–Crippen LogP) is 0.692. The van der Waals surface area contributed by atoms with Crippen LogP contribution in [0.15, 0.2) is 75.9 Å². The molecule has 4 aliphatic rings. The number of amides is 2. The molecule has 0 radical (unpaired) electrons. The van der Waals surface area contributed by atoms with Crippen LogP contribution in [0.3, 0.4) is 0 Å². The number of nitrogens with zero attached hydrogens (tertiary/aromatic N) is 3. The molecule has 1 saturated heterocycles. The first-order valence-corrected chi connectivity index (χ1v) is 32.7. The van der Waals surface area contributed by atoms with Gasteiger partial charge in [-0.3, -0.25) is 9.59 Å². The fourth-order valence-electron chi connectivity index (χ4n) is 9.48. The van der Waals surface area contributed by atoms with E-state index in [2.05, 4.69) is 4.58 Å². The van der Waals surface area contributed by atoms with Gasteiger partial charge >= 0.3 is 35.5 Å². The molecule has 5 rings (SSSR count). The number of carbonyl (C=O) groups excluding carboxylic acids is 3. The maximum Gasteiger partial charge on any atom is 1.00 e. The number of imide groups is 1. The average Bonchev–Trinajstić information content (AvgIpc) is 2.25. The molecule has 1 fully saturated rings. The Bertz CT molecular complexity index is 2840. The summed E-state index contributed by atoms with van der Waals surface area (Å²) in [6.07, 6.45) is 8.37. The van der Waals surface area contributed by atoms with Crippen LogP contribution in [-0.2, 0) is 102 Å². The molecule has 0 saturated carbocycles. The third kappa shape index (κ3) is 29.2. The fraction of sp³-hybridized carbons (Fsp3) is 0.633. The molecule has 1 unspecified atom stereocenters. The number of hydrogen-bond donors (Lipinski definition) is 0. The van der Waals surface area contributed by atoms with Gasteiger partial charge in [0.05, 0.1) is 159 Å². The van der Waals surface area contributed by atoms with Gasteiger partial charge in [-0.15, -0.1) is 5.06 Å². The van der Waals surface area contributed by atoms with Gasteiger partial charge < -0.3 is 80.1 Å². The molecule has 1 atom stereocenters. The summed E-state index contributed by atoms with van der Waals surface area (Å²) in [6.45, 7) is 12.9. The molecule has 494 valence electrons. The van der Waals surface area contributed by atoms with E-state index in [1.807, 2.05) is 48.3 Å². The molecular weight excluding hydrogens is 1220 g/mol. The zero-order chi connectivity index (χ0) is 63.3. The number of benzene rings is 2. The van der Waals surface area contributed by atoms with Gasteiger partial charge in [-0.1, -0.05) is 18.6 Å². The zero-order valence-electron chi connectivity index (χ0n) is 51.9. The number of unbranched alkanes of at least 4 members (excludes halogenated alkanes) is 2. The molecule has 0 bridgehead atoms. The molecule has 89 heavy (non-hydrogen) atoms. The molecule has 2 amide bonds. The van der Waals surface area contributed by atoms with Crippen LogP contribution in [0.2, 0.25) is 0 Å². The quantitative estimate of drug-likeness (QED) is 0.0247. The van der Waals surface area contributed by atoms with E-state index in [1.165, 1.54) is 18.2 Å². The number of rotatable bonds is 50. The first-order chi connectivity index (χ1) is 42.6. The van der Waals surface area contributed by atoms with Crippen molar-refractivity contribution in [3.63, 3.8) is 0 Å². The van der Waals surface area contributed by atoms with Crippen molar-refractivity contribution in [1.82, 2.24) is 9.64 Å². The summed E-state index contributed by atoms with van der Waals surface area (Å²) < 4.78 is 147. The van der Waals surface area contributed by atoms with E-state index in [0.717, 1.165) is 16.5 Å². The maximum atomic E-state index is 12.6. The fourth-order valence-corrected chi connectivity index (χ4v) is 10.5. The number of hydrogen-bond acceptors (Lipinski definition) is 24. The van der Waals surface area contributed by atoms with Crippen molar-refractivity contribution in [2.75, 3.05) is 190 Å². The van der Waals surface area contributed by atoms with Crippen LogP contribution in [0.1, 0.15) is 69.4 Å². The first kappa shape index (κ1) is 77.3. The molecule has 0 aromatic heterocycles. The molecule has 0 N–H and O–H groups in total. The van der Waals surface area contributed by atoms with Gasteiger partial charge in [-0.05, 0) is 80.1 Å². The average molecular weight is 1310 g/mol. The van der Waals surface area contributed by atoms with E-state index < -0.39 is 54.1 Å². The minimum absolute atomic E-state index is 0. The van der Waals surface area contributed by atoms with E-state index >= 15 is 0 Å². The number of fused-ring (bicyclic) bond motifs is 2. The van der Waals surface area contributed by atoms with Crippen molar-refractivity contribution in [1.29, 1.82) is 0 Å². The molecule has 1 aromatic carbocycles. The molecule has 29 heteroatoms. The molecular formula is C60H88N3NaO23S2. The van der Waals surface area contributed by atoms with Crippen LogP contribution in [0, 0.1) is 0 Å². The minimum Gasteiger partial charge on any atom is -0.748 e. The summed E-state index contributed by atoms with van der Waals surface area (Å²) in [5, 5.41) is 1.35. The van der Waals surface area contributed by atoms with Crippen LogP contribution in [0.4, 0.5) is 5.69 Å². The molecule has 1 aliphatic carbocycles. The summed E-state index contributed by atoms with van der Waals surface area (Å²) in [5.74, 6) is -1.97. The van der Waals surface area contributed by atoms with Gasteiger partial charge in [-0.25, -0.2) is 26.2 Å². The van der Waals surface area contributed by atoms with Crippen molar-refractivity contribution in [3.8, 4) is 11.3 Å². The second-order valence-electron chi connectivity index (χ2n) is 20.4. The van der Waals surface area contributed by atoms with E-state index in [-0.39, 0.29) is 61.7 Å². The third-order valence-corrected chi connectivity index (χ3v) is 15.6. The minimum atomic E-state index is -4.91. The van der Waals surface area contributed by atoms with Gasteiger partial charge in [-0.2, -0.15) is 0 Å². The number of ether oxygens (including phenoxy) is 12. The smallest absolute Gasteiger partial charge is 0.748 e. The van der Waals surface area contributed by atoms with Gasteiger partial charge in [0.15, 0.2) is 13.1 Å². The van der Waals surface area contributed by atoms with Crippen LogP contribution in [-0.4, -0.2) is 234 Å². The van der Waals surface area contributed by atoms with Crippen molar-refractivity contribution in [2.24, 2.45) is 0 Å². The normalized spacial score (nSPS) is 15.7. The third-order valence-electron chi connectivity index (χ3n) is 14.0. The summed E-state index contributed by atoms with van der Waals surface area (Å²) in [4.78, 5) is 43.0. The van der Waals surface area contributed by atoms with Crippen LogP contribution in [0.5, 0.6) is 0 Å². The number of carbonyl (C=O) groups is 3. The van der Waals surface area contributed by atoms with Crippen molar-refractivity contribution < 1.29 is 136 Å². The van der Waals surface area contributed by atoms with Gasteiger partial charge in [0.2, 0.25) is 5.36 Å². The molecule has 26 nitrogen and oxygen atoms in total. The summed E-state index contributed by atoms with van der Waals surface area (Å²) in [7, 11) is -6.28. The Morgan fingerprint density at radius 3 is 1.61 bits per heavy atom. The second kappa shape index (κ2) is 43.7. The van der Waals surface area contributed by atoms with Crippen LogP contribution in [0.25, 0.3) is 17.4 Å². The topological polar surface area (TPSA) is 308 Å². The Kier molecular flexibility index (Phi) is 37.9. The molecule has 0 spiro atoms. The standard InChI is InChI=1S/C60H89N3O23S2.Na/c1-60(19-8-46-87(67,68)69)53-48-51(88(70,71)72)13-15-54(53)62(20-6-4-5-11-59(66)86-63-57(64)16-17-58(63)65)56(60)10-7-9-49-18-23-85-55-47-50(12-14-52(49)55)61(21-24-75-30-32-79-38-40-83-44-42-81-36-34-77-28-26-73-2)22-25-76-31-33-80-39-41-84-45-43-82-37-35-78-29-27-74-3;/h7,9-10,12-15,18,23,47-48H,4-6,8,11,16-17,19-22,24-46H2,1-3H3,(H-,67,68,69,70,71,72);/q;+1/p-1. The number of hydroxylamine groups is 2. The zero-order valence-corrected chi connectivity index (χ0v) is 55.6. The Morgan fingerprint density at radius 1 is 0.629 bits per heavy atom. The van der Waals surface area contributed by atoms with E-state index in [9.17, 15) is 40.3 Å². The van der Waals surface area contributed by atoms with Crippen LogP contribution < -0.4 is 44.4 Å². The van der Waals surface area contributed by atoms with Crippen molar-refractivity contribution in [3.05, 3.63) is 83.1 Å². The van der Waals surface area contributed by atoms with E-state index in [1.54, 1.807) is 26.5 Å². The summed E-state index contributed by atoms with van der Waals surface area (Å²) in [6, 6.07) is 11.7. The predicted molar refractivity (Wildman–Crippen MR) is 318 cm³/mol. The van der Waals surface area contributed by atoms with E-state index in [4.69, 9.17) is 66.1 Å². The first-order valence-electron chi connectivity index (χ1n) is 29.7.